The number of amides is 2. The van der Waals surface area contributed by atoms with Crippen LogP contribution in [0.1, 0.15) is 18.4 Å². The highest BCUT2D eigenvalue weighted by atomic mass is 35.5. The summed E-state index contributed by atoms with van der Waals surface area (Å²) in [6.45, 7) is 3.67. The first-order valence-electron chi connectivity index (χ1n) is 9.91. The molecule has 0 bridgehead atoms. The van der Waals surface area contributed by atoms with Crippen molar-refractivity contribution < 1.29 is 13.2 Å². The van der Waals surface area contributed by atoms with Gasteiger partial charge >= 0.3 is 6.03 Å². The number of hydrogen-bond donors (Lipinski definition) is 1. The van der Waals surface area contributed by atoms with E-state index in [0.717, 1.165) is 35.8 Å². The van der Waals surface area contributed by atoms with Gasteiger partial charge in [-0.25, -0.2) is 18.2 Å². The highest BCUT2D eigenvalue weighted by Gasteiger charge is 2.31. The normalized spacial score (nSPS) is 18.0. The first-order chi connectivity index (χ1) is 14.4. The van der Waals surface area contributed by atoms with Crippen molar-refractivity contribution in [3.63, 3.8) is 0 Å². The Morgan fingerprint density at radius 2 is 1.83 bits per heavy atom. The summed E-state index contributed by atoms with van der Waals surface area (Å²) < 4.78 is 27.4. The quantitative estimate of drug-likeness (QED) is 0.727. The topological polar surface area (TPSA) is 85.8 Å². The zero-order chi connectivity index (χ0) is 21.1. The number of urea groups is 1. The van der Waals surface area contributed by atoms with Gasteiger partial charge in [0.25, 0.3) is 10.0 Å². The Morgan fingerprint density at radius 3 is 2.50 bits per heavy atom. The van der Waals surface area contributed by atoms with Crippen LogP contribution < -0.4 is 10.2 Å². The lowest BCUT2D eigenvalue weighted by Crippen LogP contribution is -2.52. The van der Waals surface area contributed by atoms with Crippen molar-refractivity contribution in [1.29, 1.82) is 0 Å². The molecule has 2 aromatic rings. The third kappa shape index (κ3) is 4.72. The Balaban J connectivity index is 1.29. The molecule has 8 nitrogen and oxygen atoms in total. The van der Waals surface area contributed by atoms with E-state index in [2.05, 4.69) is 15.2 Å². The fraction of sp³-hybridized carbons (Fsp3) is 0.474. The van der Waals surface area contributed by atoms with Gasteiger partial charge in [0.2, 0.25) is 0 Å². The van der Waals surface area contributed by atoms with Crippen LogP contribution in [0.4, 0.5) is 10.6 Å². The number of aromatic nitrogens is 1. The molecular weight excluding hydrogens is 446 g/mol. The van der Waals surface area contributed by atoms with E-state index in [4.69, 9.17) is 11.6 Å². The number of nitrogens with one attached hydrogen (secondary N) is 1. The molecule has 2 saturated heterocycles. The summed E-state index contributed by atoms with van der Waals surface area (Å²) in [6, 6.07) is 6.83. The Kier molecular flexibility index (Phi) is 6.47. The highest BCUT2D eigenvalue weighted by Crippen LogP contribution is 2.28. The van der Waals surface area contributed by atoms with Gasteiger partial charge in [0.1, 0.15) is 10.0 Å². The Morgan fingerprint density at radius 1 is 1.10 bits per heavy atom. The minimum atomic E-state index is -3.56. The van der Waals surface area contributed by atoms with Gasteiger partial charge in [-0.3, -0.25) is 0 Å². The van der Waals surface area contributed by atoms with Crippen molar-refractivity contribution in [1.82, 2.24) is 19.5 Å². The smallest absolute Gasteiger partial charge is 0.317 e. The molecule has 2 aromatic heterocycles. The van der Waals surface area contributed by atoms with Gasteiger partial charge in [0.15, 0.2) is 0 Å². The van der Waals surface area contributed by atoms with Gasteiger partial charge in [-0.15, -0.1) is 11.3 Å². The largest absolute Gasteiger partial charge is 0.357 e. The molecule has 0 radical (unpaired) electrons. The molecule has 4 heterocycles. The van der Waals surface area contributed by atoms with Crippen LogP contribution in [0.25, 0.3) is 0 Å². The minimum Gasteiger partial charge on any atom is -0.357 e. The molecule has 1 N–H and O–H groups in total. The molecule has 0 aliphatic carbocycles. The summed E-state index contributed by atoms with van der Waals surface area (Å²) >= 11 is 6.92. The summed E-state index contributed by atoms with van der Waals surface area (Å²) in [5, 5.41) is 2.93. The third-order valence-corrected chi connectivity index (χ3v) is 8.95. The predicted molar refractivity (Wildman–Crippen MR) is 118 cm³/mol. The van der Waals surface area contributed by atoms with Crippen molar-refractivity contribution in [2.75, 3.05) is 44.2 Å². The van der Waals surface area contributed by atoms with E-state index in [1.807, 2.05) is 12.1 Å². The summed E-state index contributed by atoms with van der Waals surface area (Å²) in [5.41, 5.74) is 0.996. The minimum absolute atomic E-state index is 0.189. The number of nitrogens with zero attached hydrogens (tertiary/aromatic N) is 4. The van der Waals surface area contributed by atoms with Crippen LogP contribution in [0.15, 0.2) is 34.7 Å². The average molecular weight is 470 g/mol. The third-order valence-electron chi connectivity index (χ3n) is 5.35. The molecule has 30 heavy (non-hydrogen) atoms. The van der Waals surface area contributed by atoms with Crippen LogP contribution in [0, 0.1) is 0 Å². The maximum absolute atomic E-state index is 12.7. The molecule has 2 amide bonds. The summed E-state index contributed by atoms with van der Waals surface area (Å²) in [6.07, 6.45) is 4.14. The molecule has 0 spiro atoms. The number of pyridine rings is 1. The molecule has 2 aliphatic rings. The molecule has 11 heteroatoms. The van der Waals surface area contributed by atoms with Crippen LogP contribution >= 0.6 is 22.9 Å². The van der Waals surface area contributed by atoms with E-state index in [0.29, 0.717) is 24.0 Å². The fourth-order valence-electron chi connectivity index (χ4n) is 3.67. The highest BCUT2D eigenvalue weighted by molar-refractivity contribution is 7.91. The molecule has 2 aliphatic heterocycles. The van der Waals surface area contributed by atoms with Crippen LogP contribution in [0.5, 0.6) is 0 Å². The predicted octanol–water partition coefficient (Wildman–Crippen LogP) is 2.61. The number of thiophene rings is 1. The van der Waals surface area contributed by atoms with Crippen molar-refractivity contribution in [2.45, 2.75) is 23.6 Å². The SMILES string of the molecule is O=C(NCc1ccnc(N2CCCC2)c1)N1CCN(S(=O)(=O)c2ccc(Cl)s2)CC1. The number of carbonyl (C=O) groups excluding carboxylic acids is 1. The molecule has 162 valence electrons. The van der Waals surface area contributed by atoms with Gasteiger partial charge in [-0.05, 0) is 42.7 Å². The number of hydrogen-bond acceptors (Lipinski definition) is 6. The van der Waals surface area contributed by atoms with Crippen molar-refractivity contribution in [3.05, 3.63) is 40.4 Å². The van der Waals surface area contributed by atoms with Gasteiger partial charge in [0.05, 0.1) is 4.34 Å². The number of anilines is 1. The van der Waals surface area contributed by atoms with Crippen molar-refractivity contribution in [2.24, 2.45) is 0 Å². The Bertz CT molecular complexity index is 999. The Hall–Kier alpha value is -1.88. The lowest BCUT2D eigenvalue weighted by Gasteiger charge is -2.33. The van der Waals surface area contributed by atoms with Crippen LogP contribution in [0.3, 0.4) is 0 Å². The lowest BCUT2D eigenvalue weighted by atomic mass is 10.2. The van der Waals surface area contributed by atoms with Gasteiger partial charge in [0, 0.05) is 52.0 Å². The second kappa shape index (κ2) is 9.09. The molecule has 4 rings (SSSR count). The van der Waals surface area contributed by atoms with E-state index in [1.54, 1.807) is 17.2 Å². The van der Waals surface area contributed by atoms with E-state index in [-0.39, 0.29) is 23.3 Å². The number of halogens is 1. The van der Waals surface area contributed by atoms with Crippen molar-refractivity contribution in [3.8, 4) is 0 Å². The van der Waals surface area contributed by atoms with Gasteiger partial charge in [-0.1, -0.05) is 11.6 Å². The second-order valence-corrected chi connectivity index (χ2v) is 11.2. The number of carbonyl (C=O) groups is 1. The monoisotopic (exact) mass is 469 g/mol. The van der Waals surface area contributed by atoms with E-state index in [9.17, 15) is 13.2 Å². The summed E-state index contributed by atoms with van der Waals surface area (Å²) in [4.78, 5) is 20.9. The van der Waals surface area contributed by atoms with Gasteiger partial charge < -0.3 is 15.1 Å². The molecular formula is C19H24ClN5O3S2. The van der Waals surface area contributed by atoms with Crippen LogP contribution in [-0.4, -0.2) is 67.9 Å². The molecule has 2 fully saturated rings. The average Bonchev–Trinajstić information content (AvgIpc) is 3.45. The zero-order valence-electron chi connectivity index (χ0n) is 16.5. The van der Waals surface area contributed by atoms with Gasteiger partial charge in [-0.2, -0.15) is 4.31 Å². The summed E-state index contributed by atoms with van der Waals surface area (Å²) in [5.74, 6) is 0.951. The number of sulfonamides is 1. The molecule has 0 unspecified atom stereocenters. The standard InChI is InChI=1S/C19H24ClN5O3S2/c20-16-3-4-18(29-16)30(27,28)25-11-9-24(10-12-25)19(26)22-14-15-5-6-21-17(13-15)23-7-1-2-8-23/h3-6,13H,1-2,7-12,14H2,(H,22,26). The maximum Gasteiger partial charge on any atom is 0.317 e. The zero-order valence-corrected chi connectivity index (χ0v) is 18.8. The molecule has 0 saturated carbocycles. The maximum atomic E-state index is 12.7. The molecule has 0 aromatic carbocycles. The number of piperazine rings is 1. The van der Waals surface area contributed by atoms with E-state index >= 15 is 0 Å². The first-order valence-corrected chi connectivity index (χ1v) is 12.5. The van der Waals surface area contributed by atoms with E-state index < -0.39 is 10.0 Å². The second-order valence-electron chi connectivity index (χ2n) is 7.32. The summed E-state index contributed by atoms with van der Waals surface area (Å²) in [7, 11) is -3.56. The lowest BCUT2D eigenvalue weighted by molar-refractivity contribution is 0.172. The Labute approximate surface area is 185 Å². The fourth-order valence-corrected chi connectivity index (χ4v) is 6.73. The van der Waals surface area contributed by atoms with Crippen LogP contribution in [0.2, 0.25) is 4.34 Å². The molecule has 0 atom stereocenters. The first kappa shape index (κ1) is 21.4. The number of rotatable bonds is 5. The van der Waals surface area contributed by atoms with Crippen molar-refractivity contribution >= 4 is 44.8 Å². The van der Waals surface area contributed by atoms with Crippen LogP contribution in [-0.2, 0) is 16.6 Å². The van der Waals surface area contributed by atoms with E-state index in [1.165, 1.54) is 23.2 Å².